The molecule has 0 heterocycles. The zero-order chi connectivity index (χ0) is 26.0. The molecule has 36 heavy (non-hydrogen) atoms. The van der Waals surface area contributed by atoms with Crippen LogP contribution in [0.25, 0.3) is 0 Å². The lowest BCUT2D eigenvalue weighted by Crippen LogP contribution is -2.27. The monoisotopic (exact) mass is 630 g/mol. The normalized spacial score (nSPS) is 13.4. The van der Waals surface area contributed by atoms with Gasteiger partial charge in [0.25, 0.3) is 16.1 Å². The van der Waals surface area contributed by atoms with Crippen LogP contribution in [-0.4, -0.2) is 27.4 Å². The standard InChI is InChI=1S/C24H22F3IN4O3S/c1-29-36(34,35)32-17-4-2-3-13(10-17)9-14-11-18(24(33)30-16-6-7-16)23(22(27)21(14)26)31-20-8-5-15(28)12-19(20)25/h2-5,8,10-12,16,29,31-32H,6-7,9H2,1H3,(H,30,33). The number of hydrogen-bond acceptors (Lipinski definition) is 4. The molecule has 0 unspecified atom stereocenters. The summed E-state index contributed by atoms with van der Waals surface area (Å²) < 4.78 is 73.6. The lowest BCUT2D eigenvalue weighted by molar-refractivity contribution is 0.0951. The Bertz CT molecular complexity index is 1430. The summed E-state index contributed by atoms with van der Waals surface area (Å²) in [4.78, 5) is 12.9. The molecule has 3 aromatic carbocycles. The maximum absolute atomic E-state index is 15.3. The van der Waals surface area contributed by atoms with E-state index in [1.54, 1.807) is 18.2 Å². The van der Waals surface area contributed by atoms with E-state index >= 15 is 8.78 Å². The van der Waals surface area contributed by atoms with E-state index in [-0.39, 0.29) is 35.0 Å². The molecule has 4 rings (SSSR count). The minimum Gasteiger partial charge on any atom is -0.350 e. The minimum atomic E-state index is -3.77. The third-order valence-corrected chi connectivity index (χ3v) is 7.19. The predicted octanol–water partition coefficient (Wildman–Crippen LogP) is 4.81. The molecule has 0 aromatic heterocycles. The largest absolute Gasteiger partial charge is 0.350 e. The van der Waals surface area contributed by atoms with Crippen LogP contribution in [0.1, 0.15) is 34.3 Å². The van der Waals surface area contributed by atoms with Crippen molar-refractivity contribution in [2.45, 2.75) is 25.3 Å². The van der Waals surface area contributed by atoms with Crippen molar-refractivity contribution in [3.8, 4) is 0 Å². The first-order chi connectivity index (χ1) is 17.1. The maximum atomic E-state index is 15.3. The third-order valence-electron chi connectivity index (χ3n) is 5.47. The number of hydrogen-bond donors (Lipinski definition) is 4. The van der Waals surface area contributed by atoms with Gasteiger partial charge in [-0.1, -0.05) is 12.1 Å². The van der Waals surface area contributed by atoms with Gasteiger partial charge >= 0.3 is 0 Å². The molecule has 1 amide bonds. The van der Waals surface area contributed by atoms with Gasteiger partial charge in [-0.25, -0.2) is 17.9 Å². The van der Waals surface area contributed by atoms with Crippen LogP contribution in [0.2, 0.25) is 0 Å². The highest BCUT2D eigenvalue weighted by atomic mass is 127. The smallest absolute Gasteiger partial charge is 0.298 e. The average molecular weight is 630 g/mol. The number of carbonyl (C=O) groups excluding carboxylic acids is 1. The molecule has 1 saturated carbocycles. The van der Waals surface area contributed by atoms with Crippen LogP contribution in [0.15, 0.2) is 48.5 Å². The average Bonchev–Trinajstić information content (AvgIpc) is 3.64. The fourth-order valence-electron chi connectivity index (χ4n) is 3.50. The SMILES string of the molecule is CNS(=O)(=O)Nc1cccc(Cc2cc(C(=O)NC3CC3)c(Nc3ccc(I)cc3F)c(F)c2F)c1. The first-order valence-electron chi connectivity index (χ1n) is 10.9. The minimum absolute atomic E-state index is 0.0474. The number of amides is 1. The molecule has 1 aliphatic rings. The van der Waals surface area contributed by atoms with Gasteiger partial charge in [0.15, 0.2) is 11.6 Å². The van der Waals surface area contributed by atoms with Gasteiger partial charge < -0.3 is 10.6 Å². The van der Waals surface area contributed by atoms with Crippen LogP contribution in [0.5, 0.6) is 0 Å². The van der Waals surface area contributed by atoms with E-state index in [1.165, 1.54) is 37.4 Å². The summed E-state index contributed by atoms with van der Waals surface area (Å²) in [5.74, 6) is -3.81. The molecule has 0 bridgehead atoms. The topological polar surface area (TPSA) is 99.3 Å². The summed E-state index contributed by atoms with van der Waals surface area (Å²) in [6, 6.07) is 11.5. The fraction of sp³-hybridized carbons (Fsp3) is 0.208. The Morgan fingerprint density at radius 3 is 2.47 bits per heavy atom. The molecule has 0 saturated heterocycles. The van der Waals surface area contributed by atoms with Crippen LogP contribution >= 0.6 is 22.6 Å². The molecule has 4 N–H and O–H groups in total. The number of halogens is 4. The van der Waals surface area contributed by atoms with Gasteiger partial charge in [0.1, 0.15) is 5.82 Å². The Hall–Kier alpha value is -2.84. The Morgan fingerprint density at radius 1 is 1.06 bits per heavy atom. The second kappa shape index (κ2) is 10.6. The molecule has 0 aliphatic heterocycles. The van der Waals surface area contributed by atoms with Gasteiger partial charge in [0.05, 0.1) is 22.6 Å². The molecule has 0 atom stereocenters. The van der Waals surface area contributed by atoms with Crippen LogP contribution < -0.4 is 20.1 Å². The summed E-state index contributed by atoms with van der Waals surface area (Å²) in [6.07, 6.45) is 1.44. The second-order valence-electron chi connectivity index (χ2n) is 8.27. The number of carbonyl (C=O) groups is 1. The molecular weight excluding hydrogens is 608 g/mol. The van der Waals surface area contributed by atoms with Crippen molar-refractivity contribution >= 4 is 55.8 Å². The van der Waals surface area contributed by atoms with E-state index in [2.05, 4.69) is 20.1 Å². The van der Waals surface area contributed by atoms with Gasteiger partial charge in [-0.15, -0.1) is 0 Å². The lowest BCUT2D eigenvalue weighted by atomic mass is 9.99. The third kappa shape index (κ3) is 6.28. The number of anilines is 3. The summed E-state index contributed by atoms with van der Waals surface area (Å²) in [7, 11) is -2.52. The Kier molecular flexibility index (Phi) is 7.76. The van der Waals surface area contributed by atoms with E-state index < -0.39 is 39.3 Å². The van der Waals surface area contributed by atoms with E-state index in [1.807, 2.05) is 22.6 Å². The summed E-state index contributed by atoms with van der Waals surface area (Å²) in [6.45, 7) is 0. The van der Waals surface area contributed by atoms with Gasteiger partial charge in [-0.3, -0.25) is 9.52 Å². The maximum Gasteiger partial charge on any atom is 0.298 e. The molecule has 1 fully saturated rings. The molecule has 0 spiro atoms. The molecule has 7 nitrogen and oxygen atoms in total. The Labute approximate surface area is 220 Å². The van der Waals surface area contributed by atoms with Crippen molar-refractivity contribution in [2.75, 3.05) is 17.1 Å². The molecule has 3 aromatic rings. The van der Waals surface area contributed by atoms with Gasteiger partial charge in [-0.2, -0.15) is 8.42 Å². The van der Waals surface area contributed by atoms with E-state index in [9.17, 15) is 17.6 Å². The van der Waals surface area contributed by atoms with E-state index in [0.29, 0.717) is 9.13 Å². The molecule has 0 radical (unpaired) electrons. The van der Waals surface area contributed by atoms with Crippen molar-refractivity contribution in [3.05, 3.63) is 86.2 Å². The second-order valence-corrected chi connectivity index (χ2v) is 11.1. The van der Waals surface area contributed by atoms with Gasteiger partial charge in [0.2, 0.25) is 0 Å². The summed E-state index contributed by atoms with van der Waals surface area (Å²) in [5, 5.41) is 5.30. The molecule has 1 aliphatic carbocycles. The Morgan fingerprint density at radius 2 is 1.81 bits per heavy atom. The first kappa shape index (κ1) is 26.2. The van der Waals surface area contributed by atoms with Crippen LogP contribution in [-0.2, 0) is 16.6 Å². The Balaban J connectivity index is 1.71. The zero-order valence-corrected chi connectivity index (χ0v) is 21.9. The quantitative estimate of drug-likeness (QED) is 0.255. The van der Waals surface area contributed by atoms with Gasteiger partial charge in [-0.05, 0) is 83.0 Å². The first-order valence-corrected chi connectivity index (χ1v) is 13.5. The molecular formula is C24H22F3IN4O3S. The number of rotatable bonds is 9. The number of nitrogens with one attached hydrogen (secondary N) is 4. The predicted molar refractivity (Wildman–Crippen MR) is 140 cm³/mol. The highest BCUT2D eigenvalue weighted by Gasteiger charge is 2.28. The van der Waals surface area contributed by atoms with E-state index in [0.717, 1.165) is 12.8 Å². The van der Waals surface area contributed by atoms with Crippen molar-refractivity contribution in [1.29, 1.82) is 0 Å². The highest BCUT2D eigenvalue weighted by Crippen LogP contribution is 2.32. The van der Waals surface area contributed by atoms with Crippen LogP contribution in [0.3, 0.4) is 0 Å². The van der Waals surface area contributed by atoms with Crippen molar-refractivity contribution in [3.63, 3.8) is 0 Å². The van der Waals surface area contributed by atoms with Crippen molar-refractivity contribution < 1.29 is 26.4 Å². The van der Waals surface area contributed by atoms with Crippen molar-refractivity contribution in [2.24, 2.45) is 0 Å². The summed E-state index contributed by atoms with van der Waals surface area (Å²) >= 11 is 1.92. The molecule has 12 heteroatoms. The fourth-order valence-corrected chi connectivity index (χ4v) is 4.49. The number of benzene rings is 3. The molecule has 190 valence electrons. The summed E-state index contributed by atoms with van der Waals surface area (Å²) in [5.41, 5.74) is -0.155. The highest BCUT2D eigenvalue weighted by molar-refractivity contribution is 14.1. The zero-order valence-electron chi connectivity index (χ0n) is 19.0. The van der Waals surface area contributed by atoms with E-state index in [4.69, 9.17) is 0 Å². The van der Waals surface area contributed by atoms with Gasteiger partial charge in [0, 0.05) is 23.1 Å². The van der Waals surface area contributed by atoms with Crippen LogP contribution in [0, 0.1) is 21.0 Å². The lowest BCUT2D eigenvalue weighted by Gasteiger charge is -2.17. The van der Waals surface area contributed by atoms with Crippen molar-refractivity contribution in [1.82, 2.24) is 10.0 Å². The van der Waals surface area contributed by atoms with Crippen LogP contribution in [0.4, 0.5) is 30.2 Å².